The van der Waals surface area contributed by atoms with E-state index < -0.39 is 16.1 Å². The van der Waals surface area contributed by atoms with E-state index in [1.807, 2.05) is 0 Å². The third kappa shape index (κ3) is 2.58. The van der Waals surface area contributed by atoms with Crippen LogP contribution in [0.4, 0.5) is 0 Å². The summed E-state index contributed by atoms with van der Waals surface area (Å²) in [5, 5.41) is 9.51. The average Bonchev–Trinajstić information content (AvgIpc) is 2.77. The van der Waals surface area contributed by atoms with Gasteiger partial charge in [0, 0.05) is 13.1 Å². The van der Waals surface area contributed by atoms with Crippen LogP contribution in [0.1, 0.15) is 31.9 Å². The Labute approximate surface area is 108 Å². The second-order valence-corrected chi connectivity index (χ2v) is 6.94. The van der Waals surface area contributed by atoms with Crippen molar-refractivity contribution in [1.29, 1.82) is 0 Å². The molecule has 1 saturated heterocycles. The summed E-state index contributed by atoms with van der Waals surface area (Å²) >= 11 is 0. The molecule has 0 bridgehead atoms. The van der Waals surface area contributed by atoms with Gasteiger partial charge in [-0.1, -0.05) is 19.1 Å². The van der Waals surface area contributed by atoms with E-state index in [1.54, 1.807) is 31.2 Å². The fourth-order valence-electron chi connectivity index (χ4n) is 2.20. The van der Waals surface area contributed by atoms with Gasteiger partial charge in [0.15, 0.2) is 0 Å². The minimum Gasteiger partial charge on any atom is -0.389 e. The third-order valence-corrected chi connectivity index (χ3v) is 5.23. The molecule has 0 radical (unpaired) electrons. The number of nitrogens with zero attached hydrogens (tertiary/aromatic N) is 1. The molecule has 0 aliphatic carbocycles. The molecule has 100 valence electrons. The number of aliphatic hydroxyl groups excluding tert-OH is 1. The first kappa shape index (κ1) is 13.5. The van der Waals surface area contributed by atoms with Crippen LogP contribution in [0, 0.1) is 5.92 Å². The molecular weight excluding hydrogens is 250 g/mol. The Hall–Kier alpha value is -0.910. The van der Waals surface area contributed by atoms with Crippen LogP contribution in [-0.4, -0.2) is 30.9 Å². The molecule has 1 heterocycles. The lowest BCUT2D eigenvalue weighted by molar-refractivity contribution is 0.199. The number of hydrogen-bond donors (Lipinski definition) is 1. The van der Waals surface area contributed by atoms with Crippen molar-refractivity contribution in [2.45, 2.75) is 31.3 Å². The van der Waals surface area contributed by atoms with Gasteiger partial charge in [-0.15, -0.1) is 0 Å². The van der Waals surface area contributed by atoms with E-state index >= 15 is 0 Å². The van der Waals surface area contributed by atoms with Crippen LogP contribution >= 0.6 is 0 Å². The standard InChI is InChI=1S/C13H19NO3S/c1-10-6-7-14(9-10)18(16,17)13-5-3-4-12(8-13)11(2)15/h3-5,8,10-11,15H,6-7,9H2,1-2H3. The smallest absolute Gasteiger partial charge is 0.243 e. The zero-order valence-corrected chi connectivity index (χ0v) is 11.5. The van der Waals surface area contributed by atoms with Crippen LogP contribution in [0.15, 0.2) is 29.2 Å². The molecule has 2 unspecified atom stereocenters. The first-order chi connectivity index (χ1) is 8.41. The molecule has 4 nitrogen and oxygen atoms in total. The van der Waals surface area contributed by atoms with E-state index in [4.69, 9.17) is 0 Å². The van der Waals surface area contributed by atoms with Crippen molar-refractivity contribution in [3.8, 4) is 0 Å². The molecule has 1 aliphatic rings. The Morgan fingerprint density at radius 3 is 2.72 bits per heavy atom. The lowest BCUT2D eigenvalue weighted by Crippen LogP contribution is -2.28. The molecule has 1 N–H and O–H groups in total. The predicted molar refractivity (Wildman–Crippen MR) is 69.6 cm³/mol. The quantitative estimate of drug-likeness (QED) is 0.910. The van der Waals surface area contributed by atoms with Crippen LogP contribution in [-0.2, 0) is 10.0 Å². The minimum absolute atomic E-state index is 0.273. The van der Waals surface area contributed by atoms with Crippen molar-refractivity contribution in [1.82, 2.24) is 4.31 Å². The Balaban J connectivity index is 2.32. The summed E-state index contributed by atoms with van der Waals surface area (Å²) in [6, 6.07) is 6.55. The van der Waals surface area contributed by atoms with E-state index in [0.29, 0.717) is 24.6 Å². The van der Waals surface area contributed by atoms with Gasteiger partial charge in [-0.25, -0.2) is 8.42 Å². The summed E-state index contributed by atoms with van der Waals surface area (Å²) in [7, 11) is -3.41. The van der Waals surface area contributed by atoms with Gasteiger partial charge in [0.05, 0.1) is 11.0 Å². The van der Waals surface area contributed by atoms with Gasteiger partial charge < -0.3 is 5.11 Å². The number of hydrogen-bond acceptors (Lipinski definition) is 3. The molecule has 5 heteroatoms. The highest BCUT2D eigenvalue weighted by atomic mass is 32.2. The van der Waals surface area contributed by atoms with Gasteiger partial charge in [0.1, 0.15) is 0 Å². The second kappa shape index (κ2) is 4.99. The van der Waals surface area contributed by atoms with Crippen molar-refractivity contribution < 1.29 is 13.5 Å². The van der Waals surface area contributed by atoms with Crippen LogP contribution < -0.4 is 0 Å². The highest BCUT2D eigenvalue weighted by Gasteiger charge is 2.30. The summed E-state index contributed by atoms with van der Waals surface area (Å²) < 4.78 is 26.3. The first-order valence-electron chi connectivity index (χ1n) is 6.19. The van der Waals surface area contributed by atoms with E-state index in [0.717, 1.165) is 6.42 Å². The van der Waals surface area contributed by atoms with E-state index in [-0.39, 0.29) is 4.90 Å². The minimum atomic E-state index is -3.41. The predicted octanol–water partition coefficient (Wildman–Crippen LogP) is 1.77. The maximum atomic E-state index is 12.4. The molecule has 0 aromatic heterocycles. The maximum Gasteiger partial charge on any atom is 0.243 e. The fourth-order valence-corrected chi connectivity index (χ4v) is 3.83. The van der Waals surface area contributed by atoms with Gasteiger partial charge in [-0.05, 0) is 37.0 Å². The SMILES string of the molecule is CC1CCN(S(=O)(=O)c2cccc(C(C)O)c2)C1. The normalized spacial score (nSPS) is 23.2. The van der Waals surface area contributed by atoms with Gasteiger partial charge in [-0.3, -0.25) is 0 Å². The summed E-state index contributed by atoms with van der Waals surface area (Å²) in [6.07, 6.45) is 0.257. The molecule has 2 rings (SSSR count). The van der Waals surface area contributed by atoms with Crippen molar-refractivity contribution in [2.75, 3.05) is 13.1 Å². The van der Waals surface area contributed by atoms with Gasteiger partial charge >= 0.3 is 0 Å². The number of aliphatic hydroxyl groups is 1. The van der Waals surface area contributed by atoms with Crippen LogP contribution in [0.3, 0.4) is 0 Å². The monoisotopic (exact) mass is 269 g/mol. The second-order valence-electron chi connectivity index (χ2n) is 5.01. The molecule has 1 aromatic rings. The molecular formula is C13H19NO3S. The molecule has 0 saturated carbocycles. The summed E-state index contributed by atoms with van der Waals surface area (Å²) in [5.41, 5.74) is 0.628. The lowest BCUT2D eigenvalue weighted by atomic mass is 10.1. The lowest BCUT2D eigenvalue weighted by Gasteiger charge is -2.17. The summed E-state index contributed by atoms with van der Waals surface area (Å²) in [5.74, 6) is 0.416. The molecule has 0 spiro atoms. The molecule has 2 atom stereocenters. The molecule has 0 amide bonds. The van der Waals surface area contributed by atoms with Gasteiger partial charge in [-0.2, -0.15) is 4.31 Å². The highest BCUT2D eigenvalue weighted by Crippen LogP contribution is 2.25. The van der Waals surface area contributed by atoms with Crippen molar-refractivity contribution in [2.24, 2.45) is 5.92 Å². The zero-order chi connectivity index (χ0) is 13.3. The van der Waals surface area contributed by atoms with Crippen LogP contribution in [0.25, 0.3) is 0 Å². The van der Waals surface area contributed by atoms with E-state index in [1.165, 1.54) is 4.31 Å². The van der Waals surface area contributed by atoms with Crippen LogP contribution in [0.2, 0.25) is 0 Å². The Kier molecular flexibility index (Phi) is 3.75. The molecule has 1 aromatic carbocycles. The van der Waals surface area contributed by atoms with E-state index in [9.17, 15) is 13.5 Å². The Morgan fingerprint density at radius 1 is 1.44 bits per heavy atom. The molecule has 1 aliphatic heterocycles. The van der Waals surface area contributed by atoms with Crippen LogP contribution in [0.5, 0.6) is 0 Å². The largest absolute Gasteiger partial charge is 0.389 e. The van der Waals surface area contributed by atoms with Crippen molar-refractivity contribution in [3.05, 3.63) is 29.8 Å². The Morgan fingerprint density at radius 2 is 2.17 bits per heavy atom. The molecule has 1 fully saturated rings. The van der Waals surface area contributed by atoms with Gasteiger partial charge in [0.2, 0.25) is 10.0 Å². The van der Waals surface area contributed by atoms with E-state index in [2.05, 4.69) is 6.92 Å². The number of benzene rings is 1. The number of rotatable bonds is 3. The van der Waals surface area contributed by atoms with Crippen molar-refractivity contribution >= 4 is 10.0 Å². The Bertz CT molecular complexity index is 525. The maximum absolute atomic E-state index is 12.4. The summed E-state index contributed by atoms with van der Waals surface area (Å²) in [6.45, 7) is 4.86. The van der Waals surface area contributed by atoms with Crippen molar-refractivity contribution in [3.63, 3.8) is 0 Å². The van der Waals surface area contributed by atoms with Gasteiger partial charge in [0.25, 0.3) is 0 Å². The fraction of sp³-hybridized carbons (Fsp3) is 0.538. The topological polar surface area (TPSA) is 57.6 Å². The third-order valence-electron chi connectivity index (χ3n) is 3.36. The average molecular weight is 269 g/mol. The highest BCUT2D eigenvalue weighted by molar-refractivity contribution is 7.89. The summed E-state index contributed by atoms with van der Waals surface area (Å²) in [4.78, 5) is 0.273. The first-order valence-corrected chi connectivity index (χ1v) is 7.63. The molecule has 18 heavy (non-hydrogen) atoms. The zero-order valence-electron chi connectivity index (χ0n) is 10.7. The number of sulfonamides is 1.